The lowest BCUT2D eigenvalue weighted by molar-refractivity contribution is 0.0940. The molecule has 0 aliphatic carbocycles. The molecule has 1 aliphatic heterocycles. The number of rotatable bonds is 4. The molecule has 1 fully saturated rings. The number of carbonyl (C=O) groups is 1. The monoisotopic (exact) mass is 356 g/mol. The first-order chi connectivity index (χ1) is 12.2. The smallest absolute Gasteiger partial charge is 0.251 e. The van der Waals surface area contributed by atoms with E-state index in [2.05, 4.69) is 26.5 Å². The Kier molecular flexibility index (Phi) is 4.23. The molecular formula is C18H17FN4OS. The predicted octanol–water partition coefficient (Wildman–Crippen LogP) is 3.29. The Morgan fingerprint density at radius 3 is 2.92 bits per heavy atom. The van der Waals surface area contributed by atoms with Gasteiger partial charge in [0.15, 0.2) is 5.82 Å². The van der Waals surface area contributed by atoms with Gasteiger partial charge in [-0.1, -0.05) is 6.07 Å². The summed E-state index contributed by atoms with van der Waals surface area (Å²) < 4.78 is 13.0. The molecule has 1 amide bonds. The summed E-state index contributed by atoms with van der Waals surface area (Å²) in [6, 6.07) is 11.7. The second kappa shape index (κ2) is 6.68. The van der Waals surface area contributed by atoms with E-state index >= 15 is 0 Å². The molecule has 1 unspecified atom stereocenters. The molecule has 1 aromatic carbocycles. The van der Waals surface area contributed by atoms with E-state index in [0.717, 1.165) is 29.4 Å². The molecule has 7 heteroatoms. The fraction of sp³-hybridized carbons (Fsp3) is 0.222. The number of halogens is 1. The van der Waals surface area contributed by atoms with Crippen molar-refractivity contribution >= 4 is 23.1 Å². The molecule has 2 N–H and O–H groups in total. The van der Waals surface area contributed by atoms with E-state index in [9.17, 15) is 9.18 Å². The standard InChI is InChI=1S/C18H17FN4OS/c19-13-5-3-12(4-6-13)18(24)20-14-7-8-23(11-14)17-10-15(21-22-17)16-2-1-9-25-16/h1-6,9-10,14H,7-8,11H2,(H,20,24)(H,21,22). The molecule has 2 aromatic heterocycles. The third-order valence-electron chi connectivity index (χ3n) is 4.30. The number of anilines is 1. The van der Waals surface area contributed by atoms with Gasteiger partial charge in [-0.3, -0.25) is 9.89 Å². The van der Waals surface area contributed by atoms with Gasteiger partial charge in [0.2, 0.25) is 0 Å². The second-order valence-electron chi connectivity index (χ2n) is 6.03. The molecule has 3 aromatic rings. The van der Waals surface area contributed by atoms with Crippen molar-refractivity contribution in [2.75, 3.05) is 18.0 Å². The molecule has 0 spiro atoms. The highest BCUT2D eigenvalue weighted by Gasteiger charge is 2.26. The number of nitrogens with zero attached hydrogens (tertiary/aromatic N) is 2. The minimum absolute atomic E-state index is 0.0550. The van der Waals surface area contributed by atoms with Gasteiger partial charge in [-0.05, 0) is 42.1 Å². The van der Waals surface area contributed by atoms with E-state index in [4.69, 9.17) is 0 Å². The van der Waals surface area contributed by atoms with Crippen LogP contribution in [0.25, 0.3) is 10.6 Å². The number of carbonyl (C=O) groups excluding carboxylic acids is 1. The summed E-state index contributed by atoms with van der Waals surface area (Å²) >= 11 is 1.67. The first-order valence-electron chi connectivity index (χ1n) is 8.10. The minimum Gasteiger partial charge on any atom is -0.353 e. The van der Waals surface area contributed by atoms with E-state index in [1.807, 2.05) is 17.5 Å². The molecule has 1 atom stereocenters. The van der Waals surface area contributed by atoms with Crippen LogP contribution in [0.15, 0.2) is 47.8 Å². The molecule has 1 saturated heterocycles. The van der Waals surface area contributed by atoms with Crippen LogP contribution in [0.2, 0.25) is 0 Å². The van der Waals surface area contributed by atoms with Gasteiger partial charge in [0.05, 0.1) is 10.6 Å². The fourth-order valence-electron chi connectivity index (χ4n) is 2.99. The number of hydrogen-bond donors (Lipinski definition) is 2. The molecule has 5 nitrogen and oxygen atoms in total. The molecule has 0 saturated carbocycles. The van der Waals surface area contributed by atoms with Crippen LogP contribution in [0.3, 0.4) is 0 Å². The maximum absolute atomic E-state index is 13.0. The number of nitrogens with one attached hydrogen (secondary N) is 2. The third kappa shape index (κ3) is 3.41. The highest BCUT2D eigenvalue weighted by Crippen LogP contribution is 2.27. The summed E-state index contributed by atoms with van der Waals surface area (Å²) in [6.45, 7) is 1.55. The normalized spacial score (nSPS) is 17.0. The van der Waals surface area contributed by atoms with Gasteiger partial charge < -0.3 is 10.2 Å². The van der Waals surface area contributed by atoms with Crippen LogP contribution in [0, 0.1) is 5.82 Å². The maximum Gasteiger partial charge on any atom is 0.251 e. The quantitative estimate of drug-likeness (QED) is 0.754. The Hall–Kier alpha value is -2.67. The Morgan fingerprint density at radius 2 is 2.16 bits per heavy atom. The number of benzene rings is 1. The maximum atomic E-state index is 13.0. The average molecular weight is 356 g/mol. The predicted molar refractivity (Wildman–Crippen MR) is 96.4 cm³/mol. The Balaban J connectivity index is 1.38. The number of hydrogen-bond acceptors (Lipinski definition) is 4. The Morgan fingerprint density at radius 1 is 1.32 bits per heavy atom. The highest BCUT2D eigenvalue weighted by atomic mass is 32.1. The topological polar surface area (TPSA) is 61.0 Å². The molecule has 4 rings (SSSR count). The van der Waals surface area contributed by atoms with Crippen LogP contribution >= 0.6 is 11.3 Å². The van der Waals surface area contributed by atoms with Gasteiger partial charge in [-0.15, -0.1) is 11.3 Å². The Labute approximate surface area is 148 Å². The second-order valence-corrected chi connectivity index (χ2v) is 6.98. The number of aromatic nitrogens is 2. The molecule has 25 heavy (non-hydrogen) atoms. The van der Waals surface area contributed by atoms with Gasteiger partial charge in [0, 0.05) is 30.8 Å². The van der Waals surface area contributed by atoms with E-state index in [1.165, 1.54) is 24.3 Å². The summed E-state index contributed by atoms with van der Waals surface area (Å²) in [5, 5.41) is 12.5. The van der Waals surface area contributed by atoms with Crippen LogP contribution in [-0.4, -0.2) is 35.2 Å². The number of amides is 1. The van der Waals surface area contributed by atoms with Crippen LogP contribution in [-0.2, 0) is 0 Å². The van der Waals surface area contributed by atoms with Crippen molar-refractivity contribution in [1.82, 2.24) is 15.5 Å². The zero-order valence-electron chi connectivity index (χ0n) is 13.4. The fourth-order valence-corrected chi connectivity index (χ4v) is 3.68. The van der Waals surface area contributed by atoms with Crippen molar-refractivity contribution in [3.05, 3.63) is 59.2 Å². The first kappa shape index (κ1) is 15.8. The van der Waals surface area contributed by atoms with E-state index in [0.29, 0.717) is 12.1 Å². The van der Waals surface area contributed by atoms with E-state index < -0.39 is 0 Å². The first-order valence-corrected chi connectivity index (χ1v) is 8.98. The zero-order valence-corrected chi connectivity index (χ0v) is 14.2. The van der Waals surface area contributed by atoms with Gasteiger partial charge in [-0.2, -0.15) is 5.10 Å². The van der Waals surface area contributed by atoms with Crippen molar-refractivity contribution in [2.24, 2.45) is 0 Å². The van der Waals surface area contributed by atoms with Crippen molar-refractivity contribution in [2.45, 2.75) is 12.5 Å². The molecule has 0 bridgehead atoms. The van der Waals surface area contributed by atoms with Crippen molar-refractivity contribution in [1.29, 1.82) is 0 Å². The molecule has 0 radical (unpaired) electrons. The van der Waals surface area contributed by atoms with Crippen molar-refractivity contribution in [3.8, 4) is 10.6 Å². The number of aromatic amines is 1. The van der Waals surface area contributed by atoms with Crippen LogP contribution in [0.4, 0.5) is 10.2 Å². The van der Waals surface area contributed by atoms with Gasteiger partial charge in [-0.25, -0.2) is 4.39 Å². The van der Waals surface area contributed by atoms with Crippen molar-refractivity contribution < 1.29 is 9.18 Å². The lowest BCUT2D eigenvalue weighted by Crippen LogP contribution is -2.37. The SMILES string of the molecule is O=C(NC1CCN(c2cc(-c3cccs3)[nH]n2)C1)c1ccc(F)cc1. The van der Waals surface area contributed by atoms with Crippen LogP contribution in [0.1, 0.15) is 16.8 Å². The zero-order chi connectivity index (χ0) is 17.2. The van der Waals surface area contributed by atoms with Gasteiger partial charge in [0.1, 0.15) is 5.82 Å². The number of thiophene rings is 1. The summed E-state index contributed by atoms with van der Waals surface area (Å²) in [5.41, 5.74) is 1.48. The highest BCUT2D eigenvalue weighted by molar-refractivity contribution is 7.13. The van der Waals surface area contributed by atoms with Crippen molar-refractivity contribution in [3.63, 3.8) is 0 Å². The molecule has 3 heterocycles. The van der Waals surface area contributed by atoms with Gasteiger partial charge >= 0.3 is 0 Å². The summed E-state index contributed by atoms with van der Waals surface area (Å²) in [4.78, 5) is 15.6. The average Bonchev–Trinajstić information content (AvgIpc) is 3.36. The Bertz CT molecular complexity index is 860. The van der Waals surface area contributed by atoms with E-state index in [-0.39, 0.29) is 17.8 Å². The summed E-state index contributed by atoms with van der Waals surface area (Å²) in [7, 11) is 0. The lowest BCUT2D eigenvalue weighted by Gasteiger charge is -2.16. The summed E-state index contributed by atoms with van der Waals surface area (Å²) in [6.07, 6.45) is 0.855. The van der Waals surface area contributed by atoms with Crippen LogP contribution in [0.5, 0.6) is 0 Å². The summed E-state index contributed by atoms with van der Waals surface area (Å²) in [5.74, 6) is 0.374. The largest absolute Gasteiger partial charge is 0.353 e. The molecule has 1 aliphatic rings. The molecular weight excluding hydrogens is 339 g/mol. The number of H-pyrrole nitrogens is 1. The minimum atomic E-state index is -0.344. The van der Waals surface area contributed by atoms with Crippen LogP contribution < -0.4 is 10.2 Å². The van der Waals surface area contributed by atoms with Gasteiger partial charge in [0.25, 0.3) is 5.91 Å². The lowest BCUT2D eigenvalue weighted by atomic mass is 10.2. The van der Waals surface area contributed by atoms with E-state index in [1.54, 1.807) is 11.3 Å². The third-order valence-corrected chi connectivity index (χ3v) is 5.21. The molecule has 128 valence electrons.